The number of benzene rings is 3. The summed E-state index contributed by atoms with van der Waals surface area (Å²) in [5, 5.41) is 22.2. The summed E-state index contributed by atoms with van der Waals surface area (Å²) in [7, 11) is 0. The Hall–Kier alpha value is -4.51. The highest BCUT2D eigenvalue weighted by molar-refractivity contribution is 7.22. The molecule has 1 atom stereocenters. The molecule has 1 fully saturated rings. The topological polar surface area (TPSA) is 114 Å². The summed E-state index contributed by atoms with van der Waals surface area (Å²) in [5.74, 6) is -3.60. The SMILES string of the molecule is O=C1C(=O)N(c2nc3ccc(F)cc3s2)[C@@H](c2ccc([N+](=O)[O-])cc2)/C1=C(\O)c1ccc(F)cc1. The number of aromatic nitrogens is 1. The van der Waals surface area contributed by atoms with Crippen molar-refractivity contribution >= 4 is 49.8 Å². The second-order valence-electron chi connectivity index (χ2n) is 7.63. The van der Waals surface area contributed by atoms with Crippen LogP contribution in [0.2, 0.25) is 0 Å². The van der Waals surface area contributed by atoms with Crippen molar-refractivity contribution in [2.45, 2.75) is 6.04 Å². The van der Waals surface area contributed by atoms with E-state index in [1.165, 1.54) is 54.6 Å². The van der Waals surface area contributed by atoms with Gasteiger partial charge in [-0.3, -0.25) is 24.6 Å². The van der Waals surface area contributed by atoms with Crippen LogP contribution in [0.15, 0.2) is 72.3 Å². The fraction of sp³-hybridized carbons (Fsp3) is 0.0417. The molecule has 2 heterocycles. The van der Waals surface area contributed by atoms with Gasteiger partial charge in [0.25, 0.3) is 11.5 Å². The number of halogens is 2. The number of anilines is 1. The van der Waals surface area contributed by atoms with Crippen LogP contribution in [0.25, 0.3) is 16.0 Å². The van der Waals surface area contributed by atoms with Crippen molar-refractivity contribution in [3.8, 4) is 0 Å². The van der Waals surface area contributed by atoms with Crippen LogP contribution in [0.3, 0.4) is 0 Å². The third-order valence-corrected chi connectivity index (χ3v) is 6.54. The molecular formula is C24H13F2N3O5S. The van der Waals surface area contributed by atoms with E-state index in [0.717, 1.165) is 28.4 Å². The molecule has 174 valence electrons. The van der Waals surface area contributed by atoms with Crippen LogP contribution in [0.5, 0.6) is 0 Å². The number of ketones is 1. The Balaban J connectivity index is 1.72. The van der Waals surface area contributed by atoms with Gasteiger partial charge in [-0.25, -0.2) is 13.8 Å². The Labute approximate surface area is 199 Å². The number of fused-ring (bicyclic) bond motifs is 1. The smallest absolute Gasteiger partial charge is 0.301 e. The van der Waals surface area contributed by atoms with Gasteiger partial charge in [0.2, 0.25) is 0 Å². The van der Waals surface area contributed by atoms with Crippen molar-refractivity contribution in [1.29, 1.82) is 0 Å². The van der Waals surface area contributed by atoms with Crippen LogP contribution in [0, 0.1) is 21.7 Å². The molecule has 1 saturated heterocycles. The van der Waals surface area contributed by atoms with E-state index in [4.69, 9.17) is 0 Å². The average molecular weight is 493 g/mol. The first kappa shape index (κ1) is 22.3. The number of nitro groups is 1. The predicted octanol–water partition coefficient (Wildman–Crippen LogP) is 5.11. The quantitative estimate of drug-likeness (QED) is 0.139. The average Bonchev–Trinajstić information content (AvgIpc) is 3.37. The van der Waals surface area contributed by atoms with Gasteiger partial charge in [0, 0.05) is 17.7 Å². The largest absolute Gasteiger partial charge is 0.507 e. The number of carbonyl (C=O) groups is 2. The number of aliphatic hydroxyl groups is 1. The van der Waals surface area contributed by atoms with Crippen LogP contribution in [0.1, 0.15) is 17.2 Å². The van der Waals surface area contributed by atoms with Gasteiger partial charge in [0.1, 0.15) is 17.4 Å². The molecule has 4 aromatic rings. The lowest BCUT2D eigenvalue weighted by Gasteiger charge is -2.22. The number of aliphatic hydroxyl groups excluding tert-OH is 1. The van der Waals surface area contributed by atoms with Crippen LogP contribution in [-0.2, 0) is 9.59 Å². The first-order chi connectivity index (χ1) is 16.7. The molecule has 0 bridgehead atoms. The van der Waals surface area contributed by atoms with E-state index in [0.29, 0.717) is 15.8 Å². The Morgan fingerprint density at radius 3 is 2.31 bits per heavy atom. The maximum absolute atomic E-state index is 13.7. The summed E-state index contributed by atoms with van der Waals surface area (Å²) in [6, 6.07) is 12.5. The predicted molar refractivity (Wildman–Crippen MR) is 124 cm³/mol. The van der Waals surface area contributed by atoms with E-state index in [2.05, 4.69) is 4.98 Å². The molecule has 0 spiro atoms. The number of hydrogen-bond donors (Lipinski definition) is 1. The molecule has 0 radical (unpaired) electrons. The molecule has 8 nitrogen and oxygen atoms in total. The minimum absolute atomic E-state index is 0.0780. The van der Waals surface area contributed by atoms with Crippen molar-refractivity contribution in [3.63, 3.8) is 0 Å². The third-order valence-electron chi connectivity index (χ3n) is 5.53. The van der Waals surface area contributed by atoms with Crippen molar-refractivity contribution in [1.82, 2.24) is 4.98 Å². The van der Waals surface area contributed by atoms with Gasteiger partial charge in [-0.15, -0.1) is 0 Å². The fourth-order valence-electron chi connectivity index (χ4n) is 3.88. The summed E-state index contributed by atoms with van der Waals surface area (Å²) in [4.78, 5) is 42.2. The Morgan fingerprint density at radius 1 is 1.00 bits per heavy atom. The molecule has 35 heavy (non-hydrogen) atoms. The Morgan fingerprint density at radius 2 is 1.66 bits per heavy atom. The van der Waals surface area contributed by atoms with Crippen molar-refractivity contribution in [3.05, 3.63) is 105 Å². The summed E-state index contributed by atoms with van der Waals surface area (Å²) in [6.07, 6.45) is 0. The zero-order valence-electron chi connectivity index (χ0n) is 17.5. The highest BCUT2D eigenvalue weighted by atomic mass is 32.1. The fourth-order valence-corrected chi connectivity index (χ4v) is 4.89. The maximum atomic E-state index is 13.7. The van der Waals surface area contributed by atoms with Crippen LogP contribution >= 0.6 is 11.3 Å². The normalized spacial score (nSPS) is 17.3. The van der Waals surface area contributed by atoms with E-state index < -0.39 is 40.0 Å². The monoisotopic (exact) mass is 493 g/mol. The molecule has 1 aromatic heterocycles. The third kappa shape index (κ3) is 3.81. The number of non-ortho nitro benzene ring substituents is 1. The standard InChI is InChI=1S/C24H13F2N3O5S/c25-14-5-1-13(2-6-14)21(30)19-20(12-3-8-16(9-4-12)29(33)34)28(23(32)22(19)31)24-27-17-10-7-15(26)11-18(17)35-24/h1-11,20,30H/b21-19+/t20-/m0/s1. The lowest BCUT2D eigenvalue weighted by molar-refractivity contribution is -0.384. The second-order valence-corrected chi connectivity index (χ2v) is 8.64. The number of nitrogens with zero attached hydrogens (tertiary/aromatic N) is 3. The van der Waals surface area contributed by atoms with E-state index in [1.807, 2.05) is 0 Å². The highest BCUT2D eigenvalue weighted by Gasteiger charge is 2.48. The van der Waals surface area contributed by atoms with Gasteiger partial charge in [0.15, 0.2) is 5.13 Å². The maximum Gasteiger partial charge on any atom is 0.301 e. The Bertz CT molecular complexity index is 1550. The highest BCUT2D eigenvalue weighted by Crippen LogP contribution is 2.44. The van der Waals surface area contributed by atoms with E-state index in [1.54, 1.807) is 0 Å². The number of thiazole rings is 1. The van der Waals surface area contributed by atoms with Crippen molar-refractivity contribution < 1.29 is 28.4 Å². The minimum atomic E-state index is -1.19. The molecular weight excluding hydrogens is 480 g/mol. The van der Waals surface area contributed by atoms with E-state index >= 15 is 0 Å². The summed E-state index contributed by atoms with van der Waals surface area (Å²) in [5.41, 5.74) is 0.293. The van der Waals surface area contributed by atoms with Gasteiger partial charge in [0.05, 0.1) is 26.8 Å². The number of rotatable bonds is 4. The molecule has 1 aliphatic heterocycles. The molecule has 11 heteroatoms. The van der Waals surface area contributed by atoms with Gasteiger partial charge in [-0.1, -0.05) is 11.3 Å². The lowest BCUT2D eigenvalue weighted by atomic mass is 9.95. The lowest BCUT2D eigenvalue weighted by Crippen LogP contribution is -2.29. The summed E-state index contributed by atoms with van der Waals surface area (Å²) >= 11 is 0.972. The Kier molecular flexibility index (Phi) is 5.33. The summed E-state index contributed by atoms with van der Waals surface area (Å²) in [6.45, 7) is 0. The van der Waals surface area contributed by atoms with Gasteiger partial charge in [-0.05, 0) is 60.2 Å². The zero-order chi connectivity index (χ0) is 24.9. The number of carbonyl (C=O) groups excluding carboxylic acids is 2. The number of Topliss-reactive ketones (excluding diaryl/α,β-unsaturated/α-hetero) is 1. The molecule has 1 N–H and O–H groups in total. The van der Waals surface area contributed by atoms with Crippen LogP contribution in [0.4, 0.5) is 19.6 Å². The summed E-state index contributed by atoms with van der Waals surface area (Å²) < 4.78 is 27.6. The molecule has 1 aliphatic rings. The van der Waals surface area contributed by atoms with Crippen LogP contribution < -0.4 is 4.90 Å². The second kappa shape index (κ2) is 8.37. The number of nitro benzene ring substituents is 1. The van der Waals surface area contributed by atoms with E-state index in [-0.39, 0.29) is 22.0 Å². The van der Waals surface area contributed by atoms with Gasteiger partial charge >= 0.3 is 5.91 Å². The minimum Gasteiger partial charge on any atom is -0.507 e. The van der Waals surface area contributed by atoms with E-state index in [9.17, 15) is 33.6 Å². The number of amides is 1. The zero-order valence-corrected chi connectivity index (χ0v) is 18.3. The molecule has 0 unspecified atom stereocenters. The molecule has 3 aromatic carbocycles. The van der Waals surface area contributed by atoms with Gasteiger partial charge in [-0.2, -0.15) is 0 Å². The molecule has 0 saturated carbocycles. The first-order valence-electron chi connectivity index (χ1n) is 10.1. The van der Waals surface area contributed by atoms with Crippen molar-refractivity contribution in [2.75, 3.05) is 4.90 Å². The van der Waals surface area contributed by atoms with Crippen molar-refractivity contribution in [2.24, 2.45) is 0 Å². The number of hydrogen-bond acceptors (Lipinski definition) is 7. The van der Waals surface area contributed by atoms with Gasteiger partial charge < -0.3 is 5.11 Å². The molecule has 0 aliphatic carbocycles. The molecule has 5 rings (SSSR count). The molecule has 1 amide bonds. The first-order valence-corrected chi connectivity index (χ1v) is 10.9. The van der Waals surface area contributed by atoms with Crippen LogP contribution in [-0.4, -0.2) is 26.7 Å².